The first kappa shape index (κ1) is 13.9. The molecule has 0 aromatic heterocycles. The second-order valence-electron chi connectivity index (χ2n) is 4.15. The molecule has 0 saturated carbocycles. The van der Waals surface area contributed by atoms with E-state index in [0.29, 0.717) is 6.61 Å². The maximum Gasteiger partial charge on any atom is 0.0786 e. The largest absolute Gasteiger partial charge is 0.396 e. The average molecular weight is 202 g/mol. The Morgan fingerprint density at radius 2 is 1.29 bits per heavy atom. The van der Waals surface area contributed by atoms with Gasteiger partial charge in [0.05, 0.1) is 26.2 Å². The molecule has 0 fully saturated rings. The Labute approximate surface area is 89.5 Å². The van der Waals surface area contributed by atoms with Crippen LogP contribution in [0.1, 0.15) is 46.5 Å². The molecule has 0 heterocycles. The van der Waals surface area contributed by atoms with Gasteiger partial charge in [0.2, 0.25) is 0 Å². The monoisotopic (exact) mass is 202 g/mol. The Bertz CT molecular complexity index is 113. The van der Waals surface area contributed by atoms with E-state index in [2.05, 4.69) is 20.8 Å². The van der Waals surface area contributed by atoms with Gasteiger partial charge in [-0.15, -0.1) is 0 Å². The fraction of sp³-hybridized carbons (Fsp3) is 1.00. The summed E-state index contributed by atoms with van der Waals surface area (Å²) in [6.45, 7) is 12.3. The van der Waals surface area contributed by atoms with Crippen molar-refractivity contribution in [2.45, 2.75) is 46.5 Å². The number of nitrogens with zero attached hydrogens (tertiary/aromatic N) is 1. The van der Waals surface area contributed by atoms with Crippen molar-refractivity contribution in [3.8, 4) is 0 Å². The van der Waals surface area contributed by atoms with E-state index in [1.54, 1.807) is 0 Å². The third-order valence-corrected chi connectivity index (χ3v) is 3.55. The standard InChI is InChI=1S/C12H28NO/c1-4-13(5-2,6-3)11-9-7-8-10-12-14/h14H,4-12H2,1-3H3/q+1. The Balaban J connectivity index is 3.61. The van der Waals surface area contributed by atoms with Gasteiger partial charge in [-0.3, -0.25) is 0 Å². The summed E-state index contributed by atoms with van der Waals surface area (Å²) in [6.07, 6.45) is 4.76. The highest BCUT2D eigenvalue weighted by Gasteiger charge is 2.19. The fourth-order valence-corrected chi connectivity index (χ4v) is 2.06. The summed E-state index contributed by atoms with van der Waals surface area (Å²) in [5.41, 5.74) is 0. The highest BCUT2D eigenvalue weighted by molar-refractivity contribution is 4.44. The molecule has 2 heteroatoms. The van der Waals surface area contributed by atoms with Crippen molar-refractivity contribution in [2.75, 3.05) is 32.8 Å². The Morgan fingerprint density at radius 3 is 1.71 bits per heavy atom. The molecular formula is C12H28NO+. The minimum Gasteiger partial charge on any atom is -0.396 e. The summed E-state index contributed by atoms with van der Waals surface area (Å²) in [4.78, 5) is 0. The van der Waals surface area contributed by atoms with E-state index in [0.717, 1.165) is 6.42 Å². The molecule has 0 unspecified atom stereocenters. The van der Waals surface area contributed by atoms with Gasteiger partial charge in [0, 0.05) is 6.61 Å². The quantitative estimate of drug-likeness (QED) is 0.450. The van der Waals surface area contributed by atoms with Crippen molar-refractivity contribution in [3.05, 3.63) is 0 Å². The smallest absolute Gasteiger partial charge is 0.0786 e. The number of aliphatic hydroxyl groups excluding tert-OH is 1. The van der Waals surface area contributed by atoms with Crippen LogP contribution in [0.3, 0.4) is 0 Å². The van der Waals surface area contributed by atoms with Crippen molar-refractivity contribution in [1.29, 1.82) is 0 Å². The highest BCUT2D eigenvalue weighted by atomic mass is 16.2. The fourth-order valence-electron chi connectivity index (χ4n) is 2.06. The van der Waals surface area contributed by atoms with E-state index in [1.165, 1.54) is 49.9 Å². The zero-order chi connectivity index (χ0) is 10.9. The lowest BCUT2D eigenvalue weighted by Gasteiger charge is -2.35. The molecule has 0 atom stereocenters. The Morgan fingerprint density at radius 1 is 0.786 bits per heavy atom. The lowest BCUT2D eigenvalue weighted by molar-refractivity contribution is -0.923. The van der Waals surface area contributed by atoms with Crippen molar-refractivity contribution in [1.82, 2.24) is 0 Å². The second-order valence-corrected chi connectivity index (χ2v) is 4.15. The molecule has 1 N–H and O–H groups in total. The normalized spacial score (nSPS) is 12.0. The van der Waals surface area contributed by atoms with Gasteiger partial charge in [0.1, 0.15) is 0 Å². The van der Waals surface area contributed by atoms with Gasteiger partial charge in [0.15, 0.2) is 0 Å². The zero-order valence-corrected chi connectivity index (χ0v) is 10.3. The van der Waals surface area contributed by atoms with Gasteiger partial charge in [0.25, 0.3) is 0 Å². The SMILES string of the molecule is CC[N+](CC)(CC)CCCCCCO. The van der Waals surface area contributed by atoms with Crippen LogP contribution in [-0.4, -0.2) is 42.4 Å². The van der Waals surface area contributed by atoms with Crippen LogP contribution in [0.4, 0.5) is 0 Å². The maximum absolute atomic E-state index is 8.66. The first-order chi connectivity index (χ1) is 6.74. The molecule has 86 valence electrons. The van der Waals surface area contributed by atoms with Crippen LogP contribution in [0.15, 0.2) is 0 Å². The van der Waals surface area contributed by atoms with Crippen LogP contribution in [-0.2, 0) is 0 Å². The average Bonchev–Trinajstić information content (AvgIpc) is 2.24. The van der Waals surface area contributed by atoms with E-state index in [4.69, 9.17) is 5.11 Å². The Kier molecular flexibility index (Phi) is 8.20. The topological polar surface area (TPSA) is 20.2 Å². The third-order valence-electron chi connectivity index (χ3n) is 3.55. The van der Waals surface area contributed by atoms with Crippen molar-refractivity contribution in [2.24, 2.45) is 0 Å². The molecule has 0 spiro atoms. The van der Waals surface area contributed by atoms with Gasteiger partial charge in [-0.2, -0.15) is 0 Å². The molecular weight excluding hydrogens is 174 g/mol. The number of hydrogen-bond acceptors (Lipinski definition) is 1. The molecule has 0 aromatic carbocycles. The lowest BCUT2D eigenvalue weighted by Crippen LogP contribution is -2.48. The van der Waals surface area contributed by atoms with E-state index in [9.17, 15) is 0 Å². The summed E-state index contributed by atoms with van der Waals surface area (Å²) in [5, 5.41) is 8.66. The molecule has 0 aliphatic rings. The number of aliphatic hydroxyl groups is 1. The number of hydrogen-bond donors (Lipinski definition) is 1. The van der Waals surface area contributed by atoms with Crippen LogP contribution in [0.2, 0.25) is 0 Å². The molecule has 0 amide bonds. The molecule has 0 radical (unpaired) electrons. The number of unbranched alkanes of at least 4 members (excludes halogenated alkanes) is 3. The van der Waals surface area contributed by atoms with Crippen molar-refractivity contribution >= 4 is 0 Å². The maximum atomic E-state index is 8.66. The summed E-state index contributed by atoms with van der Waals surface area (Å²) in [7, 11) is 0. The van der Waals surface area contributed by atoms with Gasteiger partial charge in [-0.05, 0) is 40.0 Å². The minimum atomic E-state index is 0.356. The molecule has 0 bridgehead atoms. The summed E-state index contributed by atoms with van der Waals surface area (Å²) < 4.78 is 1.26. The van der Waals surface area contributed by atoms with Crippen molar-refractivity contribution < 1.29 is 9.59 Å². The molecule has 14 heavy (non-hydrogen) atoms. The predicted octanol–water partition coefficient (Wildman–Crippen LogP) is 2.42. The minimum absolute atomic E-state index is 0.356. The number of quaternary nitrogens is 1. The van der Waals surface area contributed by atoms with Gasteiger partial charge in [-0.1, -0.05) is 6.42 Å². The number of rotatable bonds is 9. The lowest BCUT2D eigenvalue weighted by atomic mass is 10.1. The van der Waals surface area contributed by atoms with E-state index in [1.807, 2.05) is 0 Å². The van der Waals surface area contributed by atoms with Crippen LogP contribution >= 0.6 is 0 Å². The van der Waals surface area contributed by atoms with Crippen LogP contribution in [0.5, 0.6) is 0 Å². The summed E-state index contributed by atoms with van der Waals surface area (Å²) in [5.74, 6) is 0. The van der Waals surface area contributed by atoms with Gasteiger partial charge in [-0.25, -0.2) is 0 Å². The molecule has 0 aliphatic heterocycles. The third kappa shape index (κ3) is 4.97. The van der Waals surface area contributed by atoms with Gasteiger partial charge >= 0.3 is 0 Å². The van der Waals surface area contributed by atoms with E-state index < -0.39 is 0 Å². The summed E-state index contributed by atoms with van der Waals surface area (Å²) in [6, 6.07) is 0. The second kappa shape index (κ2) is 8.25. The Hall–Kier alpha value is -0.0800. The first-order valence-corrected chi connectivity index (χ1v) is 6.20. The summed E-state index contributed by atoms with van der Waals surface area (Å²) >= 11 is 0. The van der Waals surface area contributed by atoms with Crippen LogP contribution in [0, 0.1) is 0 Å². The predicted molar refractivity (Wildman–Crippen MR) is 62.3 cm³/mol. The molecule has 0 rings (SSSR count). The molecule has 0 saturated heterocycles. The van der Waals surface area contributed by atoms with Crippen LogP contribution in [0.25, 0.3) is 0 Å². The van der Waals surface area contributed by atoms with Crippen molar-refractivity contribution in [3.63, 3.8) is 0 Å². The van der Waals surface area contributed by atoms with Crippen LogP contribution < -0.4 is 0 Å². The van der Waals surface area contributed by atoms with E-state index in [-0.39, 0.29) is 0 Å². The molecule has 0 aliphatic carbocycles. The first-order valence-electron chi connectivity index (χ1n) is 6.20. The zero-order valence-electron chi connectivity index (χ0n) is 10.3. The highest BCUT2D eigenvalue weighted by Crippen LogP contribution is 2.10. The van der Waals surface area contributed by atoms with Gasteiger partial charge < -0.3 is 9.59 Å². The molecule has 2 nitrogen and oxygen atoms in total. The molecule has 0 aromatic rings. The van der Waals surface area contributed by atoms with E-state index >= 15 is 0 Å².